The number of ketones is 1. The van der Waals surface area contributed by atoms with Gasteiger partial charge in [-0.2, -0.15) is 5.10 Å². The molecule has 1 N–H and O–H groups in total. The maximum absolute atomic E-state index is 12.8. The van der Waals surface area contributed by atoms with Crippen LogP contribution in [0.25, 0.3) is 11.3 Å². The minimum Gasteiger partial charge on any atom is -0.493 e. The van der Waals surface area contributed by atoms with E-state index in [1.165, 1.54) is 17.9 Å². The van der Waals surface area contributed by atoms with Crippen LogP contribution >= 0.6 is 0 Å². The number of hydrogen-bond donors (Lipinski definition) is 2. The Balaban J connectivity index is 2.19. The molecule has 2 heterocycles. The first-order chi connectivity index (χ1) is 12.3. The summed E-state index contributed by atoms with van der Waals surface area (Å²) in [5.74, 6) is -0.448. The second-order valence-corrected chi connectivity index (χ2v) is 6.91. The van der Waals surface area contributed by atoms with Crippen LogP contribution in [0.15, 0.2) is 28.9 Å². The predicted octanol–water partition coefficient (Wildman–Crippen LogP) is 1.74. The van der Waals surface area contributed by atoms with Crippen LogP contribution in [-0.2, 0) is 23.5 Å². The number of aromatic nitrogens is 3. The highest BCUT2D eigenvalue weighted by molar-refractivity contribution is 7.71. The highest BCUT2D eigenvalue weighted by Crippen LogP contribution is 2.32. The molecule has 3 rings (SSSR count). The summed E-state index contributed by atoms with van der Waals surface area (Å²) in [6.07, 6.45) is 1.29. The van der Waals surface area contributed by atoms with Gasteiger partial charge in [0.25, 0.3) is 0 Å². The summed E-state index contributed by atoms with van der Waals surface area (Å²) >= 11 is 0. The lowest BCUT2D eigenvalue weighted by molar-refractivity contribution is 0.103. The zero-order chi connectivity index (χ0) is 19.0. The smallest absolute Gasteiger partial charge is 0.220 e. The standard InChI is InChI=1S/C17H17N3O5S/c1-9-6-14(25-19-9)15-10(2)12(5-4-11(15)8-26(23)24)16(21)13-7-18-20(3)17(13)22/h4-7,22,26H,8H2,1-3H3. The van der Waals surface area contributed by atoms with Crippen LogP contribution in [0, 0.1) is 13.8 Å². The number of rotatable bonds is 5. The zero-order valence-electron chi connectivity index (χ0n) is 14.4. The molecule has 0 unspecified atom stereocenters. The van der Waals surface area contributed by atoms with Crippen molar-refractivity contribution in [1.82, 2.24) is 14.9 Å². The van der Waals surface area contributed by atoms with E-state index in [0.29, 0.717) is 33.7 Å². The second-order valence-electron chi connectivity index (χ2n) is 5.93. The molecule has 0 fully saturated rings. The van der Waals surface area contributed by atoms with Gasteiger partial charge in [0.05, 0.1) is 17.6 Å². The summed E-state index contributed by atoms with van der Waals surface area (Å²) < 4.78 is 29.0. The van der Waals surface area contributed by atoms with Gasteiger partial charge in [-0.25, -0.2) is 13.1 Å². The van der Waals surface area contributed by atoms with E-state index >= 15 is 0 Å². The fourth-order valence-electron chi connectivity index (χ4n) is 2.85. The maximum atomic E-state index is 12.8. The summed E-state index contributed by atoms with van der Waals surface area (Å²) in [4.78, 5) is 12.8. The molecular weight excluding hydrogens is 358 g/mol. The van der Waals surface area contributed by atoms with E-state index in [1.54, 1.807) is 32.0 Å². The quantitative estimate of drug-likeness (QED) is 0.515. The normalized spacial score (nSPS) is 11.2. The number of benzene rings is 1. The molecule has 0 aliphatic carbocycles. The molecular formula is C17H17N3O5S. The highest BCUT2D eigenvalue weighted by atomic mass is 32.2. The van der Waals surface area contributed by atoms with Gasteiger partial charge >= 0.3 is 0 Å². The molecule has 0 bridgehead atoms. The molecule has 0 saturated heterocycles. The van der Waals surface area contributed by atoms with Crippen molar-refractivity contribution in [2.45, 2.75) is 19.6 Å². The molecule has 2 aromatic heterocycles. The molecule has 0 saturated carbocycles. The van der Waals surface area contributed by atoms with Crippen LogP contribution in [0.2, 0.25) is 0 Å². The lowest BCUT2D eigenvalue weighted by Crippen LogP contribution is -2.06. The summed E-state index contributed by atoms with van der Waals surface area (Å²) in [7, 11) is -1.14. The average Bonchev–Trinajstić information content (AvgIpc) is 3.13. The number of nitrogens with zero attached hydrogens (tertiary/aromatic N) is 3. The van der Waals surface area contributed by atoms with Crippen LogP contribution < -0.4 is 0 Å². The summed E-state index contributed by atoms with van der Waals surface area (Å²) in [5, 5.41) is 17.7. The van der Waals surface area contributed by atoms with Crippen LogP contribution in [-0.4, -0.2) is 34.2 Å². The van der Waals surface area contributed by atoms with E-state index < -0.39 is 16.5 Å². The van der Waals surface area contributed by atoms with Crippen molar-refractivity contribution >= 4 is 16.5 Å². The molecule has 0 spiro atoms. The summed E-state index contributed by atoms with van der Waals surface area (Å²) in [6, 6.07) is 4.80. The first kappa shape index (κ1) is 17.9. The Morgan fingerprint density at radius 3 is 2.54 bits per heavy atom. The van der Waals surface area contributed by atoms with E-state index in [9.17, 15) is 18.3 Å². The largest absolute Gasteiger partial charge is 0.493 e. The second kappa shape index (κ2) is 6.75. The number of thiol groups is 1. The first-order valence-corrected chi connectivity index (χ1v) is 9.09. The van der Waals surface area contributed by atoms with Crippen molar-refractivity contribution in [2.75, 3.05) is 0 Å². The van der Waals surface area contributed by atoms with Crippen LogP contribution in [0.5, 0.6) is 5.88 Å². The van der Waals surface area contributed by atoms with E-state index in [-0.39, 0.29) is 17.2 Å². The summed E-state index contributed by atoms with van der Waals surface area (Å²) in [5.41, 5.74) is 2.60. The molecule has 8 nitrogen and oxygen atoms in total. The minimum atomic E-state index is -2.66. The van der Waals surface area contributed by atoms with E-state index in [1.807, 2.05) is 0 Å². The average molecular weight is 375 g/mol. The number of carbonyl (C=O) groups excluding carboxylic acids is 1. The molecule has 0 amide bonds. The Labute approximate surface area is 151 Å². The Bertz CT molecular complexity index is 1070. The van der Waals surface area contributed by atoms with Gasteiger partial charge in [0.1, 0.15) is 16.3 Å². The molecule has 9 heteroatoms. The van der Waals surface area contributed by atoms with Crippen molar-refractivity contribution in [1.29, 1.82) is 0 Å². The van der Waals surface area contributed by atoms with Gasteiger partial charge in [0.15, 0.2) is 11.5 Å². The van der Waals surface area contributed by atoms with Crippen LogP contribution in [0.1, 0.15) is 32.7 Å². The van der Waals surface area contributed by atoms with Crippen molar-refractivity contribution in [2.24, 2.45) is 7.05 Å². The third-order valence-electron chi connectivity index (χ3n) is 4.12. The van der Waals surface area contributed by atoms with Gasteiger partial charge in [-0.05, 0) is 25.0 Å². The van der Waals surface area contributed by atoms with Gasteiger partial charge in [-0.3, -0.25) is 4.79 Å². The van der Waals surface area contributed by atoms with Crippen LogP contribution in [0.3, 0.4) is 0 Å². The van der Waals surface area contributed by atoms with Gasteiger partial charge < -0.3 is 9.63 Å². The van der Waals surface area contributed by atoms with Gasteiger partial charge in [0.2, 0.25) is 5.88 Å². The predicted molar refractivity (Wildman–Crippen MR) is 93.7 cm³/mol. The van der Waals surface area contributed by atoms with Crippen molar-refractivity contribution in [3.63, 3.8) is 0 Å². The Morgan fingerprint density at radius 1 is 1.27 bits per heavy atom. The number of aromatic hydroxyl groups is 1. The third-order valence-corrected chi connectivity index (χ3v) is 4.72. The van der Waals surface area contributed by atoms with Gasteiger partial charge in [-0.15, -0.1) is 0 Å². The summed E-state index contributed by atoms with van der Waals surface area (Å²) in [6.45, 7) is 3.45. The molecule has 0 radical (unpaired) electrons. The van der Waals surface area contributed by atoms with E-state index in [2.05, 4.69) is 10.3 Å². The molecule has 26 heavy (non-hydrogen) atoms. The first-order valence-electron chi connectivity index (χ1n) is 7.73. The highest BCUT2D eigenvalue weighted by Gasteiger charge is 2.23. The number of carbonyl (C=O) groups is 1. The van der Waals surface area contributed by atoms with Gasteiger partial charge in [-0.1, -0.05) is 17.3 Å². The SMILES string of the molecule is Cc1cc(-c2c(C[SH](=O)=O)ccc(C(=O)c3cnn(C)c3O)c2C)on1. The maximum Gasteiger partial charge on any atom is 0.220 e. The molecule has 0 aliphatic rings. The Hall–Kier alpha value is -2.94. The van der Waals surface area contributed by atoms with Crippen molar-refractivity contribution < 1.29 is 22.8 Å². The van der Waals surface area contributed by atoms with E-state index in [4.69, 9.17) is 4.52 Å². The Morgan fingerprint density at radius 2 is 2.00 bits per heavy atom. The number of aryl methyl sites for hydroxylation is 2. The van der Waals surface area contributed by atoms with Crippen molar-refractivity contribution in [3.05, 3.63) is 52.3 Å². The molecule has 1 aromatic carbocycles. The minimum absolute atomic E-state index is 0.0675. The topological polar surface area (TPSA) is 115 Å². The zero-order valence-corrected chi connectivity index (χ0v) is 15.3. The number of hydrogen-bond acceptors (Lipinski definition) is 7. The van der Waals surface area contributed by atoms with Gasteiger partial charge in [0, 0.05) is 24.2 Å². The molecule has 3 aromatic rings. The van der Waals surface area contributed by atoms with Crippen molar-refractivity contribution in [3.8, 4) is 17.2 Å². The fourth-order valence-corrected chi connectivity index (χ4v) is 3.39. The fraction of sp³-hybridized carbons (Fsp3) is 0.235. The molecule has 0 aliphatic heterocycles. The molecule has 0 atom stereocenters. The van der Waals surface area contributed by atoms with Crippen LogP contribution in [0.4, 0.5) is 0 Å². The lowest BCUT2D eigenvalue weighted by atomic mass is 9.92. The molecule has 136 valence electrons. The third kappa shape index (κ3) is 3.13. The van der Waals surface area contributed by atoms with E-state index in [0.717, 1.165) is 0 Å². The Kier molecular flexibility index (Phi) is 4.64. The lowest BCUT2D eigenvalue weighted by Gasteiger charge is -2.12. The monoisotopic (exact) mass is 375 g/mol.